The van der Waals surface area contributed by atoms with Gasteiger partial charge in [-0.3, -0.25) is 0 Å². The normalized spacial score (nSPS) is 13.4. The summed E-state index contributed by atoms with van der Waals surface area (Å²) >= 11 is 0. The summed E-state index contributed by atoms with van der Waals surface area (Å²) in [6.45, 7) is 4.25. The van der Waals surface area contributed by atoms with Gasteiger partial charge in [0.15, 0.2) is 0 Å². The Bertz CT molecular complexity index is 3630. The number of aryl methyl sites for hydroxylation is 2. The third kappa shape index (κ3) is 4.38. The summed E-state index contributed by atoms with van der Waals surface area (Å²) in [4.78, 5) is 0. The van der Waals surface area contributed by atoms with Gasteiger partial charge in [0, 0.05) is 12.1 Å². The van der Waals surface area contributed by atoms with Crippen LogP contribution in [0.15, 0.2) is 146 Å². The van der Waals surface area contributed by atoms with Crippen molar-refractivity contribution in [2.24, 2.45) is 0 Å². The molecule has 0 amide bonds. The van der Waals surface area contributed by atoms with Crippen molar-refractivity contribution in [2.75, 3.05) is 14.2 Å². The highest BCUT2D eigenvalue weighted by Crippen LogP contribution is 2.51. The third-order valence-corrected chi connectivity index (χ3v) is 14.2. The van der Waals surface area contributed by atoms with E-state index < -0.39 is 0 Å². The lowest BCUT2D eigenvalue weighted by Crippen LogP contribution is -2.58. The summed E-state index contributed by atoms with van der Waals surface area (Å²) in [7, 11) is 3.45. The predicted molar refractivity (Wildman–Crippen MR) is 257 cm³/mol. The molecular formula is C56H36B2O4. The summed E-state index contributed by atoms with van der Waals surface area (Å²) in [6.07, 6.45) is 0. The summed E-state index contributed by atoms with van der Waals surface area (Å²) in [6, 6.07) is 53.9. The number of hydrogen-bond donors (Lipinski definition) is 0. The molecule has 14 rings (SSSR count). The van der Waals surface area contributed by atoms with Crippen molar-refractivity contribution in [2.45, 2.75) is 13.8 Å². The van der Waals surface area contributed by atoms with E-state index in [0.717, 1.165) is 45.5 Å². The number of ether oxygens (including phenoxy) is 4. The van der Waals surface area contributed by atoms with Crippen molar-refractivity contribution in [1.82, 2.24) is 0 Å². The highest BCUT2D eigenvalue weighted by Gasteiger charge is 2.44. The molecule has 0 bridgehead atoms. The van der Waals surface area contributed by atoms with Gasteiger partial charge in [0.1, 0.15) is 34.5 Å². The molecule has 4 heterocycles. The maximum absolute atomic E-state index is 6.90. The van der Waals surface area contributed by atoms with E-state index in [1.54, 1.807) is 14.2 Å². The minimum Gasteiger partial charge on any atom is -0.497 e. The van der Waals surface area contributed by atoms with Gasteiger partial charge in [-0.25, -0.2) is 0 Å². The van der Waals surface area contributed by atoms with Crippen LogP contribution in [0, 0.1) is 13.8 Å². The van der Waals surface area contributed by atoms with Gasteiger partial charge in [0.2, 0.25) is 0 Å². The zero-order chi connectivity index (χ0) is 41.1. The van der Waals surface area contributed by atoms with Crippen LogP contribution in [-0.2, 0) is 0 Å². The lowest BCUT2D eigenvalue weighted by atomic mass is 9.31. The number of fused-ring (bicyclic) bond motifs is 8. The van der Waals surface area contributed by atoms with Crippen LogP contribution < -0.4 is 51.7 Å². The molecule has 10 aromatic rings. The first-order chi connectivity index (χ1) is 30.4. The van der Waals surface area contributed by atoms with Crippen LogP contribution in [0.25, 0.3) is 76.8 Å². The minimum atomic E-state index is -0.0885. The van der Waals surface area contributed by atoms with E-state index in [1.807, 2.05) is 6.07 Å². The molecule has 0 fully saturated rings. The Hall–Kier alpha value is -7.43. The zero-order valence-electron chi connectivity index (χ0n) is 34.6. The molecule has 0 unspecified atom stereocenters. The van der Waals surface area contributed by atoms with E-state index >= 15 is 0 Å². The summed E-state index contributed by atoms with van der Waals surface area (Å²) in [5.41, 5.74) is 19.4. The topological polar surface area (TPSA) is 36.9 Å². The monoisotopic (exact) mass is 794 g/mol. The first-order valence-corrected chi connectivity index (χ1v) is 21.4. The van der Waals surface area contributed by atoms with E-state index in [1.165, 1.54) is 110 Å². The summed E-state index contributed by atoms with van der Waals surface area (Å²) < 4.78 is 25.6. The summed E-state index contributed by atoms with van der Waals surface area (Å²) in [5, 5.41) is 7.74. The van der Waals surface area contributed by atoms with Crippen molar-refractivity contribution >= 4 is 78.5 Å². The summed E-state index contributed by atoms with van der Waals surface area (Å²) in [5.74, 6) is 5.04. The zero-order valence-corrected chi connectivity index (χ0v) is 34.6. The van der Waals surface area contributed by atoms with Crippen LogP contribution in [0.2, 0.25) is 0 Å². The van der Waals surface area contributed by atoms with Gasteiger partial charge in [-0.05, 0) is 160 Å². The minimum absolute atomic E-state index is 0.00722. The highest BCUT2D eigenvalue weighted by atomic mass is 16.5. The molecule has 0 aromatic heterocycles. The molecule has 0 spiro atoms. The Morgan fingerprint density at radius 2 is 0.871 bits per heavy atom. The molecule has 0 saturated heterocycles. The van der Waals surface area contributed by atoms with Crippen LogP contribution in [-0.4, -0.2) is 27.6 Å². The molecule has 0 N–H and O–H groups in total. The number of benzene rings is 10. The SMILES string of the molecule is COc1ccc2c(c1)Oc1cc(OC)cc3c1B2c1cc2c(-c4ccccc4)cc4c5c(cc6c(-c7ccccc7)cc-3c1c6c25)B1c2ccc(C)cc2Oc2cc(C)cc-4c21. The maximum Gasteiger partial charge on any atom is 0.252 e. The largest absolute Gasteiger partial charge is 0.497 e. The molecule has 4 nitrogen and oxygen atoms in total. The van der Waals surface area contributed by atoms with Crippen molar-refractivity contribution < 1.29 is 18.9 Å². The molecule has 0 aliphatic carbocycles. The van der Waals surface area contributed by atoms with Crippen LogP contribution in [0.1, 0.15) is 11.1 Å². The quantitative estimate of drug-likeness (QED) is 0.131. The van der Waals surface area contributed by atoms with Gasteiger partial charge in [0.05, 0.1) is 14.2 Å². The molecule has 10 aromatic carbocycles. The maximum atomic E-state index is 6.90. The Morgan fingerprint density at radius 3 is 1.45 bits per heavy atom. The predicted octanol–water partition coefficient (Wildman–Crippen LogP) is 9.76. The second-order valence-corrected chi connectivity index (χ2v) is 17.5. The smallest absolute Gasteiger partial charge is 0.252 e. The van der Waals surface area contributed by atoms with Gasteiger partial charge in [-0.2, -0.15) is 0 Å². The van der Waals surface area contributed by atoms with Gasteiger partial charge in [-0.15, -0.1) is 0 Å². The Kier molecular flexibility index (Phi) is 6.70. The van der Waals surface area contributed by atoms with Gasteiger partial charge >= 0.3 is 0 Å². The third-order valence-electron chi connectivity index (χ3n) is 14.2. The molecule has 62 heavy (non-hydrogen) atoms. The number of methoxy groups -OCH3 is 2. The molecule has 0 atom stereocenters. The van der Waals surface area contributed by atoms with E-state index in [9.17, 15) is 0 Å². The van der Waals surface area contributed by atoms with Crippen LogP contribution in [0.5, 0.6) is 34.5 Å². The fraction of sp³-hybridized carbons (Fsp3) is 0.0714. The fourth-order valence-corrected chi connectivity index (χ4v) is 11.7. The Morgan fingerprint density at radius 1 is 0.371 bits per heavy atom. The number of rotatable bonds is 4. The van der Waals surface area contributed by atoms with Crippen LogP contribution in [0.4, 0.5) is 0 Å². The van der Waals surface area contributed by atoms with E-state index in [4.69, 9.17) is 18.9 Å². The molecule has 4 aliphatic heterocycles. The van der Waals surface area contributed by atoms with E-state index in [2.05, 4.69) is 153 Å². The standard InChI is InChI=1S/C56H36B2O4/c1-29-15-17-43-47(20-29)61-49-21-30(2)19-41-37-25-35(31-11-7-5-8-12-31)39-28-46-52-38(42-22-34(60-4)24-50-56(42)58(46)44-18-16-33(59-3)23-48(44)62-50)26-36(32-13-9-6-10-14-32)40-27-45(57(43)55(41)49)51(37)53(39)54(40)52/h5-28H,1-4H3. The molecule has 290 valence electrons. The first-order valence-electron chi connectivity index (χ1n) is 21.4. The van der Waals surface area contributed by atoms with E-state index in [-0.39, 0.29) is 13.4 Å². The van der Waals surface area contributed by atoms with Crippen molar-refractivity contribution in [3.63, 3.8) is 0 Å². The van der Waals surface area contributed by atoms with Crippen LogP contribution in [0.3, 0.4) is 0 Å². The van der Waals surface area contributed by atoms with Gasteiger partial charge in [-0.1, -0.05) is 108 Å². The molecule has 0 radical (unpaired) electrons. The fourth-order valence-electron chi connectivity index (χ4n) is 11.7. The van der Waals surface area contributed by atoms with Crippen LogP contribution >= 0.6 is 0 Å². The highest BCUT2D eigenvalue weighted by molar-refractivity contribution is 7.01. The second-order valence-electron chi connectivity index (χ2n) is 17.5. The molecule has 0 saturated carbocycles. The molecule has 4 aliphatic rings. The van der Waals surface area contributed by atoms with E-state index in [0.29, 0.717) is 0 Å². The lowest BCUT2D eigenvalue weighted by Gasteiger charge is -2.37. The molecule has 6 heteroatoms. The Balaban J connectivity index is 1.24. The van der Waals surface area contributed by atoms with Gasteiger partial charge in [0.25, 0.3) is 13.4 Å². The van der Waals surface area contributed by atoms with Crippen molar-refractivity contribution in [3.8, 4) is 79.0 Å². The van der Waals surface area contributed by atoms with Crippen molar-refractivity contribution in [3.05, 3.63) is 157 Å². The first kappa shape index (κ1) is 34.3. The Labute approximate surface area is 359 Å². The number of hydrogen-bond acceptors (Lipinski definition) is 4. The second kappa shape index (κ2) is 12.1. The lowest BCUT2D eigenvalue weighted by molar-refractivity contribution is 0.405. The average Bonchev–Trinajstić information content (AvgIpc) is 3.30. The van der Waals surface area contributed by atoms with Crippen molar-refractivity contribution in [1.29, 1.82) is 0 Å². The van der Waals surface area contributed by atoms with Gasteiger partial charge < -0.3 is 18.9 Å². The molecular weight excluding hydrogens is 758 g/mol. The average molecular weight is 795 g/mol.